The van der Waals surface area contributed by atoms with Gasteiger partial charge in [0.2, 0.25) is 0 Å². The summed E-state index contributed by atoms with van der Waals surface area (Å²) >= 11 is 0. The molecule has 0 aliphatic heterocycles. The number of hydrogen-bond acceptors (Lipinski definition) is 7. The van der Waals surface area contributed by atoms with Gasteiger partial charge in [-0.1, -0.05) is 6.07 Å². The first kappa shape index (κ1) is 21.3. The van der Waals surface area contributed by atoms with E-state index in [1.54, 1.807) is 0 Å². The van der Waals surface area contributed by atoms with Crippen LogP contribution < -0.4 is 59.1 Å². The topological polar surface area (TPSA) is 135 Å². The fourth-order valence-corrected chi connectivity index (χ4v) is 2.35. The maximum atomic E-state index is 10.7. The number of rotatable bonds is 3. The van der Waals surface area contributed by atoms with Crippen molar-refractivity contribution in [3.63, 3.8) is 0 Å². The summed E-state index contributed by atoms with van der Waals surface area (Å²) in [7, 11) is -9.79. The normalized spacial score (nSPS) is 11.3. The van der Waals surface area contributed by atoms with E-state index in [4.69, 9.17) is 5.11 Å². The molecule has 0 aliphatic carbocycles. The van der Waals surface area contributed by atoms with Crippen LogP contribution in [0.25, 0.3) is 0 Å². The minimum absolute atomic E-state index is 0. The molecule has 90 valence electrons. The van der Waals surface area contributed by atoms with Gasteiger partial charge < -0.3 is 14.2 Å². The number of aliphatic hydroxyl groups excluding tert-OH is 1. The van der Waals surface area contributed by atoms with Crippen molar-refractivity contribution in [3.8, 4) is 0 Å². The molecule has 11 heteroatoms. The zero-order chi connectivity index (χ0) is 12.6. The molecular formula is C7H6Na2O7S2. The molecule has 0 radical (unpaired) electrons. The Morgan fingerprint density at radius 2 is 1.50 bits per heavy atom. The van der Waals surface area contributed by atoms with Gasteiger partial charge in [0.25, 0.3) is 0 Å². The van der Waals surface area contributed by atoms with Gasteiger partial charge in [-0.25, -0.2) is 16.8 Å². The summed E-state index contributed by atoms with van der Waals surface area (Å²) in [5.41, 5.74) is -0.262. The number of hydrogen-bond donors (Lipinski definition) is 1. The zero-order valence-electron chi connectivity index (χ0n) is 9.65. The van der Waals surface area contributed by atoms with Crippen molar-refractivity contribution in [2.75, 3.05) is 0 Å². The number of aliphatic hydroxyl groups is 1. The fourth-order valence-electron chi connectivity index (χ4n) is 1.05. The Kier molecular flexibility index (Phi) is 9.11. The molecule has 0 aromatic heterocycles. The number of benzene rings is 1. The van der Waals surface area contributed by atoms with E-state index in [0.29, 0.717) is 6.07 Å². The Morgan fingerprint density at radius 3 is 1.83 bits per heavy atom. The molecule has 0 saturated carbocycles. The van der Waals surface area contributed by atoms with Crippen LogP contribution in [0.2, 0.25) is 0 Å². The maximum Gasteiger partial charge on any atom is 1.00 e. The Labute approximate surface area is 149 Å². The van der Waals surface area contributed by atoms with Crippen LogP contribution in [-0.4, -0.2) is 31.0 Å². The van der Waals surface area contributed by atoms with E-state index in [9.17, 15) is 25.9 Å². The van der Waals surface area contributed by atoms with E-state index in [1.807, 2.05) is 0 Å². The molecule has 0 fully saturated rings. The van der Waals surface area contributed by atoms with Crippen LogP contribution in [0.5, 0.6) is 0 Å². The van der Waals surface area contributed by atoms with Gasteiger partial charge in [-0.3, -0.25) is 0 Å². The van der Waals surface area contributed by atoms with Crippen molar-refractivity contribution in [3.05, 3.63) is 23.8 Å². The SMILES string of the molecule is O=S(=O)([O-])c1ccc(CO)c(S(=O)(=O)[O-])c1.[Na+].[Na+]. The van der Waals surface area contributed by atoms with Crippen LogP contribution in [0.4, 0.5) is 0 Å². The summed E-state index contributed by atoms with van der Waals surface area (Å²) in [6.45, 7) is -0.754. The van der Waals surface area contributed by atoms with Crippen molar-refractivity contribution in [1.82, 2.24) is 0 Å². The molecule has 18 heavy (non-hydrogen) atoms. The molecule has 1 rings (SSSR count). The van der Waals surface area contributed by atoms with Crippen LogP contribution in [0.1, 0.15) is 5.56 Å². The Balaban J connectivity index is 0. The van der Waals surface area contributed by atoms with Crippen LogP contribution in [0.3, 0.4) is 0 Å². The standard InChI is InChI=1S/C7H8O7S2.2Na/c8-4-5-1-2-6(15(9,10)11)3-7(5)16(12,13)14;;/h1-3,8H,4H2,(H,9,10,11)(H,12,13,14);;/q;2*+1/p-2. The second-order valence-corrected chi connectivity index (χ2v) is 5.56. The summed E-state index contributed by atoms with van der Waals surface area (Å²) in [6.07, 6.45) is 0. The summed E-state index contributed by atoms with van der Waals surface area (Å²) in [4.78, 5) is -1.74. The molecule has 1 aromatic carbocycles. The molecule has 0 spiro atoms. The molecule has 0 unspecified atom stereocenters. The molecule has 1 N–H and O–H groups in total. The van der Waals surface area contributed by atoms with Crippen molar-refractivity contribution >= 4 is 20.2 Å². The second-order valence-electron chi connectivity index (χ2n) is 2.84. The average molecular weight is 312 g/mol. The summed E-state index contributed by atoms with van der Waals surface area (Å²) in [6, 6.07) is 2.16. The molecule has 7 nitrogen and oxygen atoms in total. The van der Waals surface area contributed by atoms with Crippen LogP contribution in [0, 0.1) is 0 Å². The molecule has 0 amide bonds. The Bertz CT molecular complexity index is 609. The van der Waals surface area contributed by atoms with Gasteiger partial charge >= 0.3 is 59.1 Å². The molecular weight excluding hydrogens is 306 g/mol. The predicted octanol–water partition coefficient (Wildman–Crippen LogP) is -7.00. The summed E-state index contributed by atoms with van der Waals surface area (Å²) < 4.78 is 64.0. The Hall–Kier alpha value is 1.00. The molecule has 0 saturated heterocycles. The van der Waals surface area contributed by atoms with Gasteiger partial charge in [-0.2, -0.15) is 0 Å². The first-order valence-corrected chi connectivity index (χ1v) is 6.63. The smallest absolute Gasteiger partial charge is 0.744 e. The summed E-state index contributed by atoms with van der Waals surface area (Å²) in [5.74, 6) is 0. The molecule has 1 aromatic rings. The van der Waals surface area contributed by atoms with E-state index in [1.165, 1.54) is 0 Å². The quantitative estimate of drug-likeness (QED) is 0.433. The minimum atomic E-state index is -4.94. The van der Waals surface area contributed by atoms with Gasteiger partial charge in [-0.15, -0.1) is 0 Å². The zero-order valence-corrected chi connectivity index (χ0v) is 15.3. The van der Waals surface area contributed by atoms with Crippen LogP contribution in [0.15, 0.2) is 28.0 Å². The van der Waals surface area contributed by atoms with Crippen molar-refractivity contribution in [1.29, 1.82) is 0 Å². The van der Waals surface area contributed by atoms with Crippen LogP contribution in [-0.2, 0) is 26.8 Å². The van der Waals surface area contributed by atoms with Crippen molar-refractivity contribution in [2.45, 2.75) is 16.4 Å². The third-order valence-corrected chi connectivity index (χ3v) is 3.52. The fraction of sp³-hybridized carbons (Fsp3) is 0.143. The van der Waals surface area contributed by atoms with E-state index >= 15 is 0 Å². The first-order valence-electron chi connectivity index (χ1n) is 3.82. The summed E-state index contributed by atoms with van der Waals surface area (Å²) in [5, 5.41) is 8.74. The Morgan fingerprint density at radius 1 is 1.00 bits per heavy atom. The van der Waals surface area contributed by atoms with Crippen molar-refractivity contribution < 1.29 is 90.2 Å². The predicted molar refractivity (Wildman–Crippen MR) is 48.3 cm³/mol. The van der Waals surface area contributed by atoms with Gasteiger partial charge in [-0.05, 0) is 17.7 Å². The van der Waals surface area contributed by atoms with E-state index in [2.05, 4.69) is 0 Å². The maximum absolute atomic E-state index is 10.7. The second kappa shape index (κ2) is 7.70. The van der Waals surface area contributed by atoms with E-state index < -0.39 is 36.6 Å². The van der Waals surface area contributed by atoms with Gasteiger partial charge in [0, 0.05) is 0 Å². The monoisotopic (exact) mass is 312 g/mol. The molecule has 0 aliphatic rings. The molecule has 0 atom stereocenters. The first-order chi connectivity index (χ1) is 7.16. The minimum Gasteiger partial charge on any atom is -0.744 e. The molecule has 0 bridgehead atoms. The third-order valence-electron chi connectivity index (χ3n) is 1.77. The average Bonchev–Trinajstić information content (AvgIpc) is 2.14. The largest absolute Gasteiger partial charge is 1.00 e. The van der Waals surface area contributed by atoms with Crippen LogP contribution >= 0.6 is 0 Å². The molecule has 0 heterocycles. The van der Waals surface area contributed by atoms with E-state index in [-0.39, 0.29) is 64.7 Å². The van der Waals surface area contributed by atoms with E-state index in [0.717, 1.165) is 12.1 Å². The van der Waals surface area contributed by atoms with Gasteiger partial charge in [0.15, 0.2) is 0 Å². The van der Waals surface area contributed by atoms with Crippen molar-refractivity contribution in [2.24, 2.45) is 0 Å². The van der Waals surface area contributed by atoms with Gasteiger partial charge in [0.1, 0.15) is 20.2 Å². The third kappa shape index (κ3) is 5.55. The van der Waals surface area contributed by atoms with Gasteiger partial charge in [0.05, 0.1) is 16.4 Å².